The third kappa shape index (κ3) is 4.78. The van der Waals surface area contributed by atoms with E-state index >= 15 is 0 Å². The molecule has 0 N–H and O–H groups in total. The van der Waals surface area contributed by atoms with E-state index in [4.69, 9.17) is 32.7 Å². The molecule has 0 saturated carbocycles. The van der Waals surface area contributed by atoms with Crippen LogP contribution in [0.5, 0.6) is 11.5 Å². The molecule has 0 bridgehead atoms. The largest absolute Gasteiger partial charge is 0.493 e. The fraction of sp³-hybridized carbons (Fsp3) is 0.143. The number of benzene rings is 3. The van der Waals surface area contributed by atoms with Crippen molar-refractivity contribution in [1.82, 2.24) is 0 Å². The maximum absolute atomic E-state index is 13.4. The Labute approximate surface area is 180 Å². The molecule has 0 aliphatic rings. The molecule has 0 saturated heterocycles. The third-order valence-electron chi connectivity index (χ3n) is 4.29. The van der Waals surface area contributed by atoms with Crippen LogP contribution < -0.4 is 13.8 Å². The monoisotopic (exact) mass is 451 g/mol. The molecule has 0 aliphatic heterocycles. The lowest BCUT2D eigenvalue weighted by molar-refractivity contribution is 0.354. The fourth-order valence-corrected chi connectivity index (χ4v) is 4.51. The van der Waals surface area contributed by atoms with Gasteiger partial charge >= 0.3 is 0 Å². The minimum absolute atomic E-state index is 0.0902. The summed E-state index contributed by atoms with van der Waals surface area (Å²) >= 11 is 11.9. The van der Waals surface area contributed by atoms with Crippen LogP contribution in [0.1, 0.15) is 5.56 Å². The smallest absolute Gasteiger partial charge is 0.264 e. The number of anilines is 1. The number of rotatable bonds is 7. The van der Waals surface area contributed by atoms with Crippen LogP contribution in [-0.2, 0) is 16.6 Å². The molecule has 0 spiro atoms. The topological polar surface area (TPSA) is 55.8 Å². The maximum atomic E-state index is 13.4. The van der Waals surface area contributed by atoms with Crippen molar-refractivity contribution in [1.29, 1.82) is 0 Å². The Hall–Kier alpha value is -2.41. The molecule has 0 radical (unpaired) electrons. The van der Waals surface area contributed by atoms with Crippen molar-refractivity contribution in [2.24, 2.45) is 0 Å². The van der Waals surface area contributed by atoms with Crippen molar-refractivity contribution in [2.75, 3.05) is 18.5 Å². The SMILES string of the molecule is COc1ccc(CN(c2ccc(Cl)cc2)S(=O)(=O)c2ccc(Cl)cc2)cc1OC. The van der Waals surface area contributed by atoms with E-state index < -0.39 is 10.0 Å². The molecule has 5 nitrogen and oxygen atoms in total. The summed E-state index contributed by atoms with van der Waals surface area (Å²) in [4.78, 5) is 0.136. The molecule has 8 heteroatoms. The standard InChI is InChI=1S/C21H19Cl2NO4S/c1-27-20-12-3-15(13-21(20)28-2)14-24(18-8-4-16(22)5-9-18)29(25,26)19-10-6-17(23)7-11-19/h3-13H,14H2,1-2H3. The van der Waals surface area contributed by atoms with Crippen LogP contribution in [0.15, 0.2) is 71.6 Å². The van der Waals surface area contributed by atoms with Crippen LogP contribution in [-0.4, -0.2) is 22.6 Å². The van der Waals surface area contributed by atoms with E-state index in [0.29, 0.717) is 27.2 Å². The lowest BCUT2D eigenvalue weighted by Crippen LogP contribution is -2.30. The average Bonchev–Trinajstić information content (AvgIpc) is 2.72. The first kappa shape index (κ1) is 21.3. The van der Waals surface area contributed by atoms with Gasteiger partial charge in [-0.1, -0.05) is 29.3 Å². The Bertz CT molecular complexity index is 1080. The molecular weight excluding hydrogens is 433 g/mol. The number of nitrogens with zero attached hydrogens (tertiary/aromatic N) is 1. The summed E-state index contributed by atoms with van der Waals surface area (Å²) in [5.41, 5.74) is 1.22. The summed E-state index contributed by atoms with van der Waals surface area (Å²) in [6, 6.07) is 18.0. The van der Waals surface area contributed by atoms with Crippen molar-refractivity contribution in [3.8, 4) is 11.5 Å². The van der Waals surface area contributed by atoms with E-state index in [1.165, 1.54) is 23.5 Å². The van der Waals surface area contributed by atoms with Crippen molar-refractivity contribution in [3.05, 3.63) is 82.3 Å². The van der Waals surface area contributed by atoms with E-state index in [1.807, 2.05) is 0 Å². The Morgan fingerprint density at radius 3 is 1.90 bits per heavy atom. The summed E-state index contributed by atoms with van der Waals surface area (Å²) in [7, 11) is -0.783. The maximum Gasteiger partial charge on any atom is 0.264 e. The number of hydrogen-bond donors (Lipinski definition) is 0. The van der Waals surface area contributed by atoms with E-state index in [2.05, 4.69) is 0 Å². The molecule has 29 heavy (non-hydrogen) atoms. The van der Waals surface area contributed by atoms with E-state index in [0.717, 1.165) is 5.56 Å². The van der Waals surface area contributed by atoms with Gasteiger partial charge in [0.05, 0.1) is 31.3 Å². The summed E-state index contributed by atoms with van der Waals surface area (Å²) in [5.74, 6) is 1.08. The van der Waals surface area contributed by atoms with Gasteiger partial charge < -0.3 is 9.47 Å². The summed E-state index contributed by atoms with van der Waals surface area (Å²) in [6.45, 7) is 0.0902. The molecule has 3 aromatic rings. The average molecular weight is 452 g/mol. The Kier molecular flexibility index (Phi) is 6.57. The quantitative estimate of drug-likeness (QED) is 0.481. The summed E-state index contributed by atoms with van der Waals surface area (Å²) in [6.07, 6.45) is 0. The van der Waals surface area contributed by atoms with Gasteiger partial charge in [-0.2, -0.15) is 0 Å². The highest BCUT2D eigenvalue weighted by molar-refractivity contribution is 7.92. The van der Waals surface area contributed by atoms with Gasteiger partial charge in [0, 0.05) is 10.0 Å². The number of methoxy groups -OCH3 is 2. The van der Waals surface area contributed by atoms with Gasteiger partial charge in [0.25, 0.3) is 10.0 Å². The molecule has 3 aromatic carbocycles. The highest BCUT2D eigenvalue weighted by Crippen LogP contribution is 2.31. The molecule has 0 amide bonds. The minimum atomic E-state index is -3.86. The number of hydrogen-bond acceptors (Lipinski definition) is 4. The molecule has 0 heterocycles. The van der Waals surface area contributed by atoms with Crippen molar-refractivity contribution in [3.63, 3.8) is 0 Å². The molecule has 0 aromatic heterocycles. The van der Waals surface area contributed by atoms with Gasteiger partial charge in [0.2, 0.25) is 0 Å². The predicted molar refractivity (Wildman–Crippen MR) is 116 cm³/mol. The summed E-state index contributed by atoms with van der Waals surface area (Å²) in [5, 5.41) is 0.977. The van der Waals surface area contributed by atoms with Gasteiger partial charge in [0.15, 0.2) is 11.5 Å². The van der Waals surface area contributed by atoms with E-state index in [9.17, 15) is 8.42 Å². The van der Waals surface area contributed by atoms with Gasteiger partial charge in [-0.15, -0.1) is 0 Å². The molecule has 0 fully saturated rings. The molecule has 152 valence electrons. The highest BCUT2D eigenvalue weighted by Gasteiger charge is 2.25. The normalized spacial score (nSPS) is 11.2. The van der Waals surface area contributed by atoms with Gasteiger partial charge in [-0.05, 0) is 66.2 Å². The zero-order valence-electron chi connectivity index (χ0n) is 15.8. The lowest BCUT2D eigenvalue weighted by atomic mass is 10.2. The van der Waals surface area contributed by atoms with Gasteiger partial charge in [-0.25, -0.2) is 8.42 Å². The first-order valence-electron chi connectivity index (χ1n) is 8.60. The predicted octanol–water partition coefficient (Wildman–Crippen LogP) is 5.41. The van der Waals surface area contributed by atoms with Crippen molar-refractivity contribution >= 4 is 38.9 Å². The van der Waals surface area contributed by atoms with E-state index in [-0.39, 0.29) is 11.4 Å². The van der Waals surface area contributed by atoms with Crippen LogP contribution in [0.2, 0.25) is 10.0 Å². The minimum Gasteiger partial charge on any atom is -0.493 e. The number of halogens is 2. The first-order valence-corrected chi connectivity index (χ1v) is 10.8. The molecule has 0 atom stereocenters. The van der Waals surface area contributed by atoms with Crippen LogP contribution in [0.3, 0.4) is 0 Å². The second-order valence-electron chi connectivity index (χ2n) is 6.13. The molecule has 0 aliphatic carbocycles. The van der Waals surface area contributed by atoms with E-state index in [1.54, 1.807) is 61.7 Å². The van der Waals surface area contributed by atoms with Gasteiger partial charge in [0.1, 0.15) is 0 Å². The third-order valence-corrected chi connectivity index (χ3v) is 6.58. The van der Waals surface area contributed by atoms with Gasteiger partial charge in [-0.3, -0.25) is 4.31 Å². The molecule has 3 rings (SSSR count). The fourth-order valence-electron chi connectivity index (χ4n) is 2.80. The van der Waals surface area contributed by atoms with Crippen LogP contribution in [0.25, 0.3) is 0 Å². The summed E-state index contributed by atoms with van der Waals surface area (Å²) < 4.78 is 38.7. The molecular formula is C21H19Cl2NO4S. The zero-order valence-corrected chi connectivity index (χ0v) is 18.1. The molecule has 0 unspecified atom stereocenters. The lowest BCUT2D eigenvalue weighted by Gasteiger charge is -2.25. The van der Waals surface area contributed by atoms with Crippen LogP contribution in [0, 0.1) is 0 Å². The van der Waals surface area contributed by atoms with Crippen molar-refractivity contribution in [2.45, 2.75) is 11.4 Å². The van der Waals surface area contributed by atoms with Crippen molar-refractivity contribution < 1.29 is 17.9 Å². The second-order valence-corrected chi connectivity index (χ2v) is 8.87. The van der Waals surface area contributed by atoms with Crippen LogP contribution >= 0.6 is 23.2 Å². The Balaban J connectivity index is 2.06. The Morgan fingerprint density at radius 1 is 0.793 bits per heavy atom. The van der Waals surface area contributed by atoms with Crippen LogP contribution in [0.4, 0.5) is 5.69 Å². The zero-order chi connectivity index (χ0) is 21.0. The first-order chi connectivity index (χ1) is 13.8. The Morgan fingerprint density at radius 2 is 1.34 bits per heavy atom. The highest BCUT2D eigenvalue weighted by atomic mass is 35.5. The second kappa shape index (κ2) is 8.95. The number of sulfonamides is 1. The number of ether oxygens (including phenoxy) is 2.